The number of hydrogen-bond donors (Lipinski definition) is 1. The van der Waals surface area contributed by atoms with E-state index in [0.29, 0.717) is 24.5 Å². The molecule has 0 aliphatic carbocycles. The lowest BCUT2D eigenvalue weighted by Crippen LogP contribution is -2.27. The van der Waals surface area contributed by atoms with Crippen LogP contribution >= 0.6 is 11.6 Å². The number of nitrogens with zero attached hydrogens (tertiary/aromatic N) is 1. The number of benzene rings is 2. The van der Waals surface area contributed by atoms with Gasteiger partial charge in [-0.3, -0.25) is 4.79 Å². The van der Waals surface area contributed by atoms with E-state index in [-0.39, 0.29) is 5.91 Å². The molecule has 0 fully saturated rings. The highest BCUT2D eigenvalue weighted by Gasteiger charge is 2.09. The van der Waals surface area contributed by atoms with Crippen LogP contribution in [0.15, 0.2) is 48.5 Å². The summed E-state index contributed by atoms with van der Waals surface area (Å²) in [6, 6.07) is 15.7. The number of halogens is 1. The molecule has 0 bridgehead atoms. The summed E-state index contributed by atoms with van der Waals surface area (Å²) in [6.07, 6.45) is 0.464. The number of carbonyl (C=O) groups is 1. The molecule has 0 unspecified atom stereocenters. The van der Waals surface area contributed by atoms with Crippen molar-refractivity contribution in [1.29, 1.82) is 0 Å². The first kappa shape index (κ1) is 16.4. The summed E-state index contributed by atoms with van der Waals surface area (Å²) in [5.41, 5.74) is 3.30. The largest absolute Gasteiger partial charge is 0.384 e. The molecule has 0 saturated heterocycles. The summed E-state index contributed by atoms with van der Waals surface area (Å²) in [6.45, 7) is 3.25. The van der Waals surface area contributed by atoms with Gasteiger partial charge >= 0.3 is 0 Å². The highest BCUT2D eigenvalue weighted by Crippen LogP contribution is 2.14. The van der Waals surface area contributed by atoms with Crippen LogP contribution in [0.1, 0.15) is 17.5 Å². The normalized spacial score (nSPS) is 10.3. The van der Waals surface area contributed by atoms with Crippen molar-refractivity contribution in [3.63, 3.8) is 0 Å². The number of amides is 1. The third-order valence-electron chi connectivity index (χ3n) is 3.53. The summed E-state index contributed by atoms with van der Waals surface area (Å²) >= 11 is 5.96. The maximum Gasteiger partial charge on any atom is 0.224 e. The Morgan fingerprint density at radius 1 is 1.18 bits per heavy atom. The molecule has 4 heteroatoms. The average molecular weight is 317 g/mol. The fraction of sp³-hybridized carbons (Fsp3) is 0.278. The second-order valence-electron chi connectivity index (χ2n) is 5.37. The first-order valence-corrected chi connectivity index (χ1v) is 7.72. The maximum atomic E-state index is 12.2. The van der Waals surface area contributed by atoms with Gasteiger partial charge in [0.05, 0.1) is 0 Å². The van der Waals surface area contributed by atoms with Gasteiger partial charge in [-0.05, 0) is 36.2 Å². The zero-order valence-electron chi connectivity index (χ0n) is 13.0. The van der Waals surface area contributed by atoms with Gasteiger partial charge in [-0.15, -0.1) is 0 Å². The Kier molecular flexibility index (Phi) is 5.84. The molecule has 0 atom stereocenters. The molecule has 22 heavy (non-hydrogen) atoms. The molecule has 2 aromatic rings. The van der Waals surface area contributed by atoms with E-state index in [0.717, 1.165) is 11.3 Å². The van der Waals surface area contributed by atoms with E-state index in [9.17, 15) is 4.79 Å². The minimum absolute atomic E-state index is 0.112. The SMILES string of the molecule is Cc1ccccc1NCCC(=O)N(C)Cc1cccc(Cl)c1. The molecular weight excluding hydrogens is 296 g/mol. The molecule has 2 aromatic carbocycles. The van der Waals surface area contributed by atoms with Gasteiger partial charge in [-0.25, -0.2) is 0 Å². The summed E-state index contributed by atoms with van der Waals surface area (Å²) in [5, 5.41) is 4.00. The van der Waals surface area contributed by atoms with Crippen LogP contribution in [0.25, 0.3) is 0 Å². The quantitative estimate of drug-likeness (QED) is 0.870. The third-order valence-corrected chi connectivity index (χ3v) is 3.77. The average Bonchev–Trinajstić information content (AvgIpc) is 2.49. The van der Waals surface area contributed by atoms with Gasteiger partial charge < -0.3 is 10.2 Å². The van der Waals surface area contributed by atoms with Crippen LogP contribution in [0.5, 0.6) is 0 Å². The molecule has 1 N–H and O–H groups in total. The first-order valence-electron chi connectivity index (χ1n) is 7.34. The van der Waals surface area contributed by atoms with Gasteiger partial charge in [0.1, 0.15) is 0 Å². The fourth-order valence-corrected chi connectivity index (χ4v) is 2.48. The number of para-hydroxylation sites is 1. The summed E-state index contributed by atoms with van der Waals surface area (Å²) in [5.74, 6) is 0.112. The molecule has 116 valence electrons. The summed E-state index contributed by atoms with van der Waals surface area (Å²) < 4.78 is 0. The van der Waals surface area contributed by atoms with Crippen molar-refractivity contribution >= 4 is 23.2 Å². The smallest absolute Gasteiger partial charge is 0.224 e. The van der Waals surface area contributed by atoms with Gasteiger partial charge in [0.2, 0.25) is 5.91 Å². The maximum absolute atomic E-state index is 12.2. The Labute approximate surface area is 136 Å². The third kappa shape index (κ3) is 4.78. The Morgan fingerprint density at radius 2 is 1.95 bits per heavy atom. The Hall–Kier alpha value is -2.00. The topological polar surface area (TPSA) is 32.3 Å². The molecule has 2 rings (SSSR count). The number of carbonyl (C=O) groups excluding carboxylic acids is 1. The Bertz CT molecular complexity index is 642. The number of rotatable bonds is 6. The lowest BCUT2D eigenvalue weighted by atomic mass is 10.2. The van der Waals surface area contributed by atoms with Crippen molar-refractivity contribution < 1.29 is 4.79 Å². The summed E-state index contributed by atoms with van der Waals surface area (Å²) in [4.78, 5) is 13.9. The molecule has 0 aliphatic rings. The van der Waals surface area contributed by atoms with E-state index >= 15 is 0 Å². The predicted octanol–water partition coefficient (Wildman–Crippen LogP) is 4.11. The minimum Gasteiger partial charge on any atom is -0.384 e. The molecule has 3 nitrogen and oxygen atoms in total. The molecular formula is C18H21ClN2O. The zero-order valence-corrected chi connectivity index (χ0v) is 13.7. The van der Waals surface area contributed by atoms with Crippen LogP contribution in [0.3, 0.4) is 0 Å². The number of hydrogen-bond acceptors (Lipinski definition) is 2. The zero-order chi connectivity index (χ0) is 15.9. The molecule has 0 aromatic heterocycles. The predicted molar refractivity (Wildman–Crippen MR) is 92.2 cm³/mol. The Balaban J connectivity index is 1.80. The molecule has 1 amide bonds. The second-order valence-corrected chi connectivity index (χ2v) is 5.81. The van der Waals surface area contributed by atoms with Gasteiger partial charge in [-0.1, -0.05) is 41.9 Å². The van der Waals surface area contributed by atoms with Crippen molar-refractivity contribution in [2.45, 2.75) is 19.9 Å². The van der Waals surface area contributed by atoms with Crippen molar-refractivity contribution in [2.75, 3.05) is 18.9 Å². The fourth-order valence-electron chi connectivity index (χ4n) is 2.26. The molecule has 0 saturated carbocycles. The van der Waals surface area contributed by atoms with E-state index < -0.39 is 0 Å². The second kappa shape index (κ2) is 7.85. The van der Waals surface area contributed by atoms with Crippen LogP contribution in [-0.2, 0) is 11.3 Å². The van der Waals surface area contributed by atoms with Crippen molar-refractivity contribution in [2.24, 2.45) is 0 Å². The summed E-state index contributed by atoms with van der Waals surface area (Å²) in [7, 11) is 1.82. The minimum atomic E-state index is 0.112. The van der Waals surface area contributed by atoms with Crippen LogP contribution in [0.2, 0.25) is 5.02 Å². The van der Waals surface area contributed by atoms with Crippen LogP contribution in [-0.4, -0.2) is 24.4 Å². The van der Waals surface area contributed by atoms with Gasteiger partial charge in [0, 0.05) is 37.3 Å². The molecule has 0 spiro atoms. The van der Waals surface area contributed by atoms with Gasteiger partial charge in [-0.2, -0.15) is 0 Å². The van der Waals surface area contributed by atoms with E-state index in [1.807, 2.05) is 49.5 Å². The van der Waals surface area contributed by atoms with E-state index in [1.165, 1.54) is 5.56 Å². The van der Waals surface area contributed by atoms with E-state index in [2.05, 4.69) is 18.3 Å². The van der Waals surface area contributed by atoms with Crippen molar-refractivity contribution in [1.82, 2.24) is 4.90 Å². The number of nitrogens with one attached hydrogen (secondary N) is 1. The van der Waals surface area contributed by atoms with Gasteiger partial charge in [0.25, 0.3) is 0 Å². The Morgan fingerprint density at radius 3 is 2.68 bits per heavy atom. The highest BCUT2D eigenvalue weighted by molar-refractivity contribution is 6.30. The van der Waals surface area contributed by atoms with Gasteiger partial charge in [0.15, 0.2) is 0 Å². The van der Waals surface area contributed by atoms with Crippen LogP contribution in [0, 0.1) is 6.92 Å². The monoisotopic (exact) mass is 316 g/mol. The van der Waals surface area contributed by atoms with Crippen molar-refractivity contribution in [3.8, 4) is 0 Å². The van der Waals surface area contributed by atoms with E-state index in [1.54, 1.807) is 4.90 Å². The number of aryl methyl sites for hydroxylation is 1. The highest BCUT2D eigenvalue weighted by atomic mass is 35.5. The standard InChI is InChI=1S/C18H21ClN2O/c1-14-6-3-4-9-17(14)20-11-10-18(22)21(2)13-15-7-5-8-16(19)12-15/h3-9,12,20H,10-11,13H2,1-2H3. The van der Waals surface area contributed by atoms with Crippen LogP contribution < -0.4 is 5.32 Å². The van der Waals surface area contributed by atoms with Crippen LogP contribution in [0.4, 0.5) is 5.69 Å². The molecule has 0 heterocycles. The van der Waals surface area contributed by atoms with E-state index in [4.69, 9.17) is 11.6 Å². The molecule has 0 aliphatic heterocycles. The van der Waals surface area contributed by atoms with Crippen molar-refractivity contribution in [3.05, 3.63) is 64.7 Å². The number of anilines is 1. The first-order chi connectivity index (χ1) is 10.6. The lowest BCUT2D eigenvalue weighted by Gasteiger charge is -2.18. The lowest BCUT2D eigenvalue weighted by molar-refractivity contribution is -0.130. The molecule has 0 radical (unpaired) electrons.